The molecule has 0 aliphatic heterocycles. The third-order valence-corrected chi connectivity index (χ3v) is 3.46. The first-order valence-electron chi connectivity index (χ1n) is 7.42. The Labute approximate surface area is 123 Å². The van der Waals surface area contributed by atoms with Crippen LogP contribution in [0.3, 0.4) is 0 Å². The Morgan fingerprint density at radius 2 is 2.05 bits per heavy atom. The molecule has 0 saturated carbocycles. The van der Waals surface area contributed by atoms with Gasteiger partial charge in [-0.3, -0.25) is 0 Å². The Kier molecular flexibility index (Phi) is 7.55. The zero-order valence-electron chi connectivity index (χ0n) is 13.5. The van der Waals surface area contributed by atoms with Gasteiger partial charge in [-0.2, -0.15) is 0 Å². The summed E-state index contributed by atoms with van der Waals surface area (Å²) < 4.78 is 5.00. The van der Waals surface area contributed by atoms with Gasteiger partial charge in [0.15, 0.2) is 0 Å². The Morgan fingerprint density at radius 3 is 2.60 bits per heavy atom. The fourth-order valence-electron chi connectivity index (χ4n) is 2.20. The number of anilines is 1. The van der Waals surface area contributed by atoms with Crippen molar-refractivity contribution < 1.29 is 4.74 Å². The van der Waals surface area contributed by atoms with E-state index in [1.165, 1.54) is 12.0 Å². The average molecular weight is 279 g/mol. The van der Waals surface area contributed by atoms with E-state index in [1.807, 2.05) is 6.20 Å². The maximum Gasteiger partial charge on any atom is 0.128 e. The van der Waals surface area contributed by atoms with Crippen molar-refractivity contribution in [3.05, 3.63) is 23.9 Å². The molecule has 0 fully saturated rings. The summed E-state index contributed by atoms with van der Waals surface area (Å²) in [6.45, 7) is 9.20. The van der Waals surface area contributed by atoms with Crippen molar-refractivity contribution in [1.29, 1.82) is 0 Å². The van der Waals surface area contributed by atoms with Crippen molar-refractivity contribution >= 4 is 5.82 Å². The van der Waals surface area contributed by atoms with Crippen LogP contribution in [0, 0.1) is 5.92 Å². The van der Waals surface area contributed by atoms with Crippen LogP contribution in [0.1, 0.15) is 32.8 Å². The lowest BCUT2D eigenvalue weighted by Gasteiger charge is -2.27. The number of ether oxygens (including phenoxy) is 1. The number of nitrogens with one attached hydrogen (secondary N) is 1. The van der Waals surface area contributed by atoms with Gasteiger partial charge in [-0.05, 0) is 30.9 Å². The Hall–Kier alpha value is -1.13. The Morgan fingerprint density at radius 1 is 1.30 bits per heavy atom. The van der Waals surface area contributed by atoms with E-state index < -0.39 is 0 Å². The summed E-state index contributed by atoms with van der Waals surface area (Å²) in [5.74, 6) is 1.75. The van der Waals surface area contributed by atoms with Gasteiger partial charge in [0, 0.05) is 39.5 Å². The maximum atomic E-state index is 5.00. The lowest BCUT2D eigenvalue weighted by atomic mass is 10.0. The van der Waals surface area contributed by atoms with Crippen LogP contribution in [0.4, 0.5) is 5.82 Å². The van der Waals surface area contributed by atoms with Crippen molar-refractivity contribution in [1.82, 2.24) is 10.3 Å². The van der Waals surface area contributed by atoms with Gasteiger partial charge in [0.05, 0.1) is 6.61 Å². The predicted molar refractivity (Wildman–Crippen MR) is 85.1 cm³/mol. The SMILES string of the molecule is COCCNCc1ccc(N(C)C(C)CC(C)C)nc1. The molecular weight excluding hydrogens is 250 g/mol. The first-order valence-corrected chi connectivity index (χ1v) is 7.42. The first-order chi connectivity index (χ1) is 9.54. The Balaban J connectivity index is 2.48. The largest absolute Gasteiger partial charge is 0.383 e. The maximum absolute atomic E-state index is 5.00. The average Bonchev–Trinajstić information content (AvgIpc) is 2.43. The number of hydrogen-bond donors (Lipinski definition) is 1. The first kappa shape index (κ1) is 16.9. The molecule has 0 bridgehead atoms. The minimum Gasteiger partial charge on any atom is -0.383 e. The number of aromatic nitrogens is 1. The van der Waals surface area contributed by atoms with Crippen LogP contribution >= 0.6 is 0 Å². The van der Waals surface area contributed by atoms with Crippen LogP contribution < -0.4 is 10.2 Å². The molecule has 4 nitrogen and oxygen atoms in total. The Bertz CT molecular complexity index is 364. The molecule has 0 radical (unpaired) electrons. The number of nitrogens with zero attached hydrogens (tertiary/aromatic N) is 2. The van der Waals surface area contributed by atoms with E-state index in [-0.39, 0.29) is 0 Å². The molecule has 1 aromatic rings. The normalized spacial score (nSPS) is 12.7. The molecule has 114 valence electrons. The predicted octanol–water partition coefficient (Wildman–Crippen LogP) is 2.69. The van der Waals surface area contributed by atoms with E-state index in [1.54, 1.807) is 7.11 Å². The van der Waals surface area contributed by atoms with Crippen LogP contribution in [-0.4, -0.2) is 38.3 Å². The molecule has 1 rings (SSSR count). The highest BCUT2D eigenvalue weighted by molar-refractivity contribution is 5.39. The second-order valence-electron chi connectivity index (χ2n) is 5.78. The van der Waals surface area contributed by atoms with Gasteiger partial charge >= 0.3 is 0 Å². The fourth-order valence-corrected chi connectivity index (χ4v) is 2.20. The third kappa shape index (κ3) is 5.88. The van der Waals surface area contributed by atoms with E-state index in [2.05, 4.69) is 55.2 Å². The number of rotatable bonds is 9. The molecular formula is C16H29N3O. The zero-order valence-corrected chi connectivity index (χ0v) is 13.5. The molecule has 0 aliphatic carbocycles. The standard InChI is InChI=1S/C16H29N3O/c1-13(2)10-14(3)19(4)16-7-6-15(12-18-16)11-17-8-9-20-5/h6-7,12-14,17H,8-11H2,1-5H3. The summed E-state index contributed by atoms with van der Waals surface area (Å²) in [4.78, 5) is 6.81. The molecule has 1 aromatic heterocycles. The second kappa shape index (κ2) is 8.93. The molecule has 1 heterocycles. The minimum absolute atomic E-state index is 0.508. The fraction of sp³-hybridized carbons (Fsp3) is 0.688. The molecule has 0 spiro atoms. The summed E-state index contributed by atoms with van der Waals surface area (Å²) in [6, 6.07) is 4.75. The van der Waals surface area contributed by atoms with Crippen molar-refractivity contribution in [2.75, 3.05) is 32.2 Å². The van der Waals surface area contributed by atoms with Crippen LogP contribution in [-0.2, 0) is 11.3 Å². The highest BCUT2D eigenvalue weighted by Gasteiger charge is 2.12. The number of hydrogen-bond acceptors (Lipinski definition) is 4. The third-order valence-electron chi connectivity index (χ3n) is 3.46. The van der Waals surface area contributed by atoms with E-state index in [0.717, 1.165) is 25.5 Å². The summed E-state index contributed by atoms with van der Waals surface area (Å²) in [7, 11) is 3.83. The van der Waals surface area contributed by atoms with Gasteiger partial charge in [0.1, 0.15) is 5.82 Å². The molecule has 1 atom stereocenters. The van der Waals surface area contributed by atoms with Crippen molar-refractivity contribution in [2.24, 2.45) is 5.92 Å². The van der Waals surface area contributed by atoms with Crippen LogP contribution in [0.5, 0.6) is 0 Å². The lowest BCUT2D eigenvalue weighted by Crippen LogP contribution is -2.30. The summed E-state index contributed by atoms with van der Waals surface area (Å²) in [5.41, 5.74) is 1.20. The summed E-state index contributed by atoms with van der Waals surface area (Å²) in [6.07, 6.45) is 3.13. The van der Waals surface area contributed by atoms with Gasteiger partial charge in [-0.1, -0.05) is 19.9 Å². The van der Waals surface area contributed by atoms with Crippen molar-refractivity contribution in [3.63, 3.8) is 0 Å². The molecule has 20 heavy (non-hydrogen) atoms. The molecule has 0 saturated heterocycles. The highest BCUT2D eigenvalue weighted by atomic mass is 16.5. The van der Waals surface area contributed by atoms with Crippen molar-refractivity contribution in [2.45, 2.75) is 39.8 Å². The quantitative estimate of drug-likeness (QED) is 0.705. The molecule has 1 N–H and O–H groups in total. The molecule has 0 amide bonds. The van der Waals surface area contributed by atoms with Gasteiger partial charge in [-0.15, -0.1) is 0 Å². The van der Waals surface area contributed by atoms with Crippen LogP contribution in [0.2, 0.25) is 0 Å². The van der Waals surface area contributed by atoms with Crippen LogP contribution in [0.15, 0.2) is 18.3 Å². The van der Waals surface area contributed by atoms with Gasteiger partial charge < -0.3 is 15.0 Å². The number of methoxy groups -OCH3 is 1. The van der Waals surface area contributed by atoms with Gasteiger partial charge in [-0.25, -0.2) is 4.98 Å². The topological polar surface area (TPSA) is 37.4 Å². The van der Waals surface area contributed by atoms with E-state index in [0.29, 0.717) is 12.0 Å². The smallest absolute Gasteiger partial charge is 0.128 e. The van der Waals surface area contributed by atoms with Gasteiger partial charge in [0.2, 0.25) is 0 Å². The molecule has 4 heteroatoms. The monoisotopic (exact) mass is 279 g/mol. The minimum atomic E-state index is 0.508. The summed E-state index contributed by atoms with van der Waals surface area (Å²) >= 11 is 0. The van der Waals surface area contributed by atoms with E-state index in [9.17, 15) is 0 Å². The number of pyridine rings is 1. The van der Waals surface area contributed by atoms with Crippen molar-refractivity contribution in [3.8, 4) is 0 Å². The molecule has 1 unspecified atom stereocenters. The highest BCUT2D eigenvalue weighted by Crippen LogP contribution is 2.17. The lowest BCUT2D eigenvalue weighted by molar-refractivity contribution is 0.199. The summed E-state index contributed by atoms with van der Waals surface area (Å²) in [5, 5.41) is 3.32. The van der Waals surface area contributed by atoms with E-state index in [4.69, 9.17) is 4.74 Å². The zero-order chi connectivity index (χ0) is 15.0. The molecule has 0 aliphatic rings. The van der Waals surface area contributed by atoms with E-state index >= 15 is 0 Å². The second-order valence-corrected chi connectivity index (χ2v) is 5.78. The molecule has 0 aromatic carbocycles. The van der Waals surface area contributed by atoms with Gasteiger partial charge in [0.25, 0.3) is 0 Å². The van der Waals surface area contributed by atoms with Crippen LogP contribution in [0.25, 0.3) is 0 Å².